The first-order valence-electron chi connectivity index (χ1n) is 7.17. The third-order valence-electron chi connectivity index (χ3n) is 3.91. The van der Waals surface area contributed by atoms with Gasteiger partial charge in [-0.3, -0.25) is 4.79 Å². The number of carbonyl (C=O) groups excluding carboxylic acids is 1. The molecule has 2 N–H and O–H groups in total. The van der Waals surface area contributed by atoms with Crippen LogP contribution in [-0.4, -0.2) is 36.3 Å². The Morgan fingerprint density at radius 2 is 1.78 bits per heavy atom. The number of alkyl halides is 3. The van der Waals surface area contributed by atoms with E-state index in [-0.39, 0.29) is 30.1 Å². The lowest BCUT2D eigenvalue weighted by molar-refractivity contribution is -0.274. The molecule has 0 aromatic heterocycles. The van der Waals surface area contributed by atoms with Gasteiger partial charge in [-0.05, 0) is 49.9 Å². The first-order chi connectivity index (χ1) is 10.3. The lowest BCUT2D eigenvalue weighted by atomic mass is 9.90. The fourth-order valence-electron chi connectivity index (χ4n) is 2.61. The summed E-state index contributed by atoms with van der Waals surface area (Å²) in [6.45, 7) is 3.19. The summed E-state index contributed by atoms with van der Waals surface area (Å²) >= 11 is 0. The van der Waals surface area contributed by atoms with Gasteiger partial charge in [0.2, 0.25) is 0 Å². The van der Waals surface area contributed by atoms with Gasteiger partial charge in [-0.15, -0.1) is 25.6 Å². The molecule has 1 heterocycles. The SMILES string of the molecule is CC(N)C1CCN(C(=O)c2ccc(OC(F)(F)F)cc2)CC1.Cl. The highest BCUT2D eigenvalue weighted by atomic mass is 35.5. The molecule has 2 rings (SSSR count). The second-order valence-corrected chi connectivity index (χ2v) is 5.56. The monoisotopic (exact) mass is 352 g/mol. The van der Waals surface area contributed by atoms with E-state index in [0.717, 1.165) is 25.0 Å². The van der Waals surface area contributed by atoms with Gasteiger partial charge in [-0.1, -0.05) is 0 Å². The van der Waals surface area contributed by atoms with Crippen molar-refractivity contribution in [2.75, 3.05) is 13.1 Å². The lowest BCUT2D eigenvalue weighted by Gasteiger charge is -2.33. The van der Waals surface area contributed by atoms with Gasteiger partial charge in [-0.25, -0.2) is 0 Å². The van der Waals surface area contributed by atoms with Crippen molar-refractivity contribution in [2.24, 2.45) is 11.7 Å². The fraction of sp³-hybridized carbons (Fsp3) is 0.533. The molecule has 8 heteroatoms. The van der Waals surface area contributed by atoms with Gasteiger partial charge in [0.15, 0.2) is 0 Å². The van der Waals surface area contributed by atoms with Crippen molar-refractivity contribution in [3.8, 4) is 5.75 Å². The zero-order valence-corrected chi connectivity index (χ0v) is 13.5. The van der Waals surface area contributed by atoms with Gasteiger partial charge in [0.25, 0.3) is 5.91 Å². The van der Waals surface area contributed by atoms with Crippen LogP contribution in [0.3, 0.4) is 0 Å². The molecule has 1 amide bonds. The van der Waals surface area contributed by atoms with Crippen molar-refractivity contribution in [2.45, 2.75) is 32.2 Å². The van der Waals surface area contributed by atoms with E-state index in [9.17, 15) is 18.0 Å². The van der Waals surface area contributed by atoms with E-state index >= 15 is 0 Å². The van der Waals surface area contributed by atoms with Crippen molar-refractivity contribution >= 4 is 18.3 Å². The number of rotatable bonds is 3. The average molecular weight is 353 g/mol. The Hall–Kier alpha value is -1.47. The first kappa shape index (κ1) is 19.6. The molecule has 0 aliphatic carbocycles. The molecule has 1 aliphatic rings. The Balaban J connectivity index is 0.00000264. The summed E-state index contributed by atoms with van der Waals surface area (Å²) in [5.74, 6) is -0.104. The summed E-state index contributed by atoms with van der Waals surface area (Å²) in [5.41, 5.74) is 6.21. The van der Waals surface area contributed by atoms with Crippen LogP contribution in [-0.2, 0) is 0 Å². The number of carbonyl (C=O) groups is 1. The van der Waals surface area contributed by atoms with Gasteiger partial charge in [0.1, 0.15) is 5.75 Å². The number of amides is 1. The smallest absolute Gasteiger partial charge is 0.406 e. The molecule has 1 aromatic carbocycles. The van der Waals surface area contributed by atoms with E-state index in [1.165, 1.54) is 12.1 Å². The largest absolute Gasteiger partial charge is 0.573 e. The molecule has 1 aromatic rings. The maximum absolute atomic E-state index is 12.3. The average Bonchev–Trinajstić information content (AvgIpc) is 2.46. The van der Waals surface area contributed by atoms with E-state index in [2.05, 4.69) is 4.74 Å². The minimum Gasteiger partial charge on any atom is -0.406 e. The molecule has 23 heavy (non-hydrogen) atoms. The summed E-state index contributed by atoms with van der Waals surface area (Å²) in [6.07, 6.45) is -3.04. The highest BCUT2D eigenvalue weighted by Crippen LogP contribution is 2.24. The number of hydrogen-bond donors (Lipinski definition) is 1. The summed E-state index contributed by atoms with van der Waals surface area (Å²) in [4.78, 5) is 14.0. The molecule has 1 atom stereocenters. The molecular formula is C15H20ClF3N2O2. The van der Waals surface area contributed by atoms with E-state index in [1.807, 2.05) is 6.92 Å². The molecule has 130 valence electrons. The van der Waals surface area contributed by atoms with Crippen molar-refractivity contribution in [3.63, 3.8) is 0 Å². The zero-order chi connectivity index (χ0) is 16.3. The maximum Gasteiger partial charge on any atom is 0.573 e. The van der Waals surface area contributed by atoms with E-state index in [4.69, 9.17) is 5.73 Å². The van der Waals surface area contributed by atoms with Crippen LogP contribution in [0, 0.1) is 5.92 Å². The first-order valence-corrected chi connectivity index (χ1v) is 7.17. The quantitative estimate of drug-likeness (QED) is 0.908. The molecule has 1 unspecified atom stereocenters. The Kier molecular flexibility index (Phi) is 6.70. The third-order valence-corrected chi connectivity index (χ3v) is 3.91. The molecule has 1 aliphatic heterocycles. The van der Waals surface area contributed by atoms with Crippen LogP contribution in [0.25, 0.3) is 0 Å². The topological polar surface area (TPSA) is 55.6 Å². The molecule has 1 fully saturated rings. The molecule has 0 spiro atoms. The lowest BCUT2D eigenvalue weighted by Crippen LogP contribution is -2.42. The van der Waals surface area contributed by atoms with Crippen molar-refractivity contribution in [1.82, 2.24) is 4.90 Å². The summed E-state index contributed by atoms with van der Waals surface area (Å²) in [7, 11) is 0. The van der Waals surface area contributed by atoms with Crippen LogP contribution in [0.4, 0.5) is 13.2 Å². The minimum atomic E-state index is -4.73. The van der Waals surface area contributed by atoms with Crippen molar-refractivity contribution < 1.29 is 22.7 Å². The number of likely N-dealkylation sites (tertiary alicyclic amines) is 1. The Labute approximate surface area is 139 Å². The standard InChI is InChI=1S/C15H19F3N2O2.ClH/c1-10(19)11-6-8-20(9-7-11)14(21)12-2-4-13(5-3-12)22-15(16,17)18;/h2-5,10-11H,6-9,19H2,1H3;1H. The predicted molar refractivity (Wildman–Crippen MR) is 82.6 cm³/mol. The van der Waals surface area contributed by atoms with Crippen LogP contribution >= 0.6 is 12.4 Å². The number of hydrogen-bond acceptors (Lipinski definition) is 3. The van der Waals surface area contributed by atoms with Gasteiger partial charge in [-0.2, -0.15) is 0 Å². The summed E-state index contributed by atoms with van der Waals surface area (Å²) < 4.78 is 40.0. The van der Waals surface area contributed by atoms with Gasteiger partial charge >= 0.3 is 6.36 Å². The highest BCUT2D eigenvalue weighted by molar-refractivity contribution is 5.94. The molecule has 0 saturated carbocycles. The number of nitrogens with two attached hydrogens (primary N) is 1. The molecule has 4 nitrogen and oxygen atoms in total. The molecule has 0 bridgehead atoms. The van der Waals surface area contributed by atoms with E-state index < -0.39 is 6.36 Å². The highest BCUT2D eigenvalue weighted by Gasteiger charge is 2.31. The number of benzene rings is 1. The second kappa shape index (κ2) is 7.88. The number of piperidine rings is 1. The van der Waals surface area contributed by atoms with Gasteiger partial charge < -0.3 is 15.4 Å². The zero-order valence-electron chi connectivity index (χ0n) is 12.7. The fourth-order valence-corrected chi connectivity index (χ4v) is 2.61. The summed E-state index contributed by atoms with van der Waals surface area (Å²) in [6, 6.07) is 5.10. The molecule has 0 radical (unpaired) electrons. The van der Waals surface area contributed by atoms with Gasteiger partial charge in [0, 0.05) is 24.7 Å². The predicted octanol–water partition coefficient (Wildman–Crippen LogP) is 3.21. The maximum atomic E-state index is 12.3. The number of halogens is 4. The Morgan fingerprint density at radius 3 is 2.22 bits per heavy atom. The molecular weight excluding hydrogens is 333 g/mol. The number of nitrogens with zero attached hydrogens (tertiary/aromatic N) is 1. The Morgan fingerprint density at radius 1 is 1.26 bits per heavy atom. The third kappa shape index (κ3) is 5.58. The number of ether oxygens (including phenoxy) is 1. The van der Waals surface area contributed by atoms with Crippen LogP contribution in [0.1, 0.15) is 30.1 Å². The van der Waals surface area contributed by atoms with Crippen molar-refractivity contribution in [1.29, 1.82) is 0 Å². The Bertz CT molecular complexity index is 512. The van der Waals surface area contributed by atoms with Crippen LogP contribution in [0.2, 0.25) is 0 Å². The second-order valence-electron chi connectivity index (χ2n) is 5.56. The van der Waals surface area contributed by atoms with E-state index in [1.54, 1.807) is 4.90 Å². The molecule has 1 saturated heterocycles. The van der Waals surface area contributed by atoms with Gasteiger partial charge in [0.05, 0.1) is 0 Å². The minimum absolute atomic E-state index is 0. The van der Waals surface area contributed by atoms with Crippen molar-refractivity contribution in [3.05, 3.63) is 29.8 Å². The van der Waals surface area contributed by atoms with Crippen LogP contribution < -0.4 is 10.5 Å². The normalized spacial score (nSPS) is 17.3. The van der Waals surface area contributed by atoms with E-state index in [0.29, 0.717) is 24.6 Å². The van der Waals surface area contributed by atoms with Crippen LogP contribution in [0.15, 0.2) is 24.3 Å². The summed E-state index contributed by atoms with van der Waals surface area (Å²) in [5, 5.41) is 0. The van der Waals surface area contributed by atoms with Crippen LogP contribution in [0.5, 0.6) is 5.75 Å².